The highest BCUT2D eigenvalue weighted by Gasteiger charge is 2.22. The second-order valence-electron chi connectivity index (χ2n) is 8.58. The summed E-state index contributed by atoms with van der Waals surface area (Å²) in [5.74, 6) is -0.0438. The van der Waals surface area contributed by atoms with Crippen LogP contribution in [0.1, 0.15) is 75.1 Å². The molecule has 0 radical (unpaired) electrons. The topological polar surface area (TPSA) is 62.5 Å². The lowest BCUT2D eigenvalue weighted by atomic mass is 9.93. The number of rotatable bonds is 6. The molecule has 0 atom stereocenters. The van der Waals surface area contributed by atoms with Crippen LogP contribution >= 0.6 is 0 Å². The van der Waals surface area contributed by atoms with Crippen molar-refractivity contribution in [2.45, 2.75) is 65.2 Å². The number of aromatic nitrogens is 3. The number of aryl methyl sites for hydroxylation is 1. The number of nitrogens with zero attached hydrogens (tertiary/aromatic N) is 4. The minimum Gasteiger partial charge on any atom is -0.351 e. The van der Waals surface area contributed by atoms with E-state index in [1.807, 2.05) is 10.6 Å². The first-order valence-corrected chi connectivity index (χ1v) is 10.3. The molecule has 6 heteroatoms. The minimum absolute atomic E-state index is 0.0438. The van der Waals surface area contributed by atoms with Crippen molar-refractivity contribution in [3.05, 3.63) is 29.2 Å². The number of piperidine rings is 1. The third kappa shape index (κ3) is 4.67. The molecule has 0 saturated carbocycles. The summed E-state index contributed by atoms with van der Waals surface area (Å²) in [6, 6.07) is 2.03. The van der Waals surface area contributed by atoms with Gasteiger partial charge in [-0.2, -0.15) is 5.10 Å². The number of hydrogen-bond donors (Lipinski definition) is 1. The van der Waals surface area contributed by atoms with Crippen LogP contribution in [0.2, 0.25) is 0 Å². The number of nitrogens with one attached hydrogen (secondary N) is 1. The van der Waals surface area contributed by atoms with E-state index in [0.29, 0.717) is 12.1 Å². The monoisotopic (exact) mass is 371 g/mol. The summed E-state index contributed by atoms with van der Waals surface area (Å²) in [6.07, 6.45) is 7.34. The number of likely N-dealkylation sites (tertiary alicyclic amines) is 1. The van der Waals surface area contributed by atoms with Crippen LogP contribution in [-0.4, -0.2) is 51.6 Å². The summed E-state index contributed by atoms with van der Waals surface area (Å²) in [7, 11) is 0. The summed E-state index contributed by atoms with van der Waals surface area (Å²) in [4.78, 5) is 19.8. The molecule has 27 heavy (non-hydrogen) atoms. The zero-order valence-corrected chi connectivity index (χ0v) is 17.2. The van der Waals surface area contributed by atoms with Crippen molar-refractivity contribution < 1.29 is 4.79 Å². The lowest BCUT2D eigenvalue weighted by molar-refractivity contribution is 0.0944. The van der Waals surface area contributed by atoms with Crippen molar-refractivity contribution >= 4 is 11.6 Å². The SMILES string of the molecule is CCCc1c(C(=O)NCCN2CCCCC2)cnc2cc(C(C)(C)C)nn12. The largest absolute Gasteiger partial charge is 0.351 e. The molecule has 0 spiro atoms. The predicted octanol–water partition coefficient (Wildman–Crippen LogP) is 3.20. The van der Waals surface area contributed by atoms with Crippen LogP contribution in [0, 0.1) is 0 Å². The minimum atomic E-state index is -0.0476. The smallest absolute Gasteiger partial charge is 0.254 e. The van der Waals surface area contributed by atoms with Crippen molar-refractivity contribution in [2.75, 3.05) is 26.2 Å². The zero-order valence-electron chi connectivity index (χ0n) is 17.2. The Bertz CT molecular complexity index is 784. The third-order valence-electron chi connectivity index (χ3n) is 5.25. The molecular weight excluding hydrogens is 338 g/mol. The summed E-state index contributed by atoms with van der Waals surface area (Å²) < 4.78 is 1.86. The Labute approximate surface area is 162 Å². The molecule has 3 heterocycles. The van der Waals surface area contributed by atoms with Gasteiger partial charge in [-0.1, -0.05) is 40.5 Å². The molecule has 1 fully saturated rings. The van der Waals surface area contributed by atoms with Gasteiger partial charge in [0.1, 0.15) is 0 Å². The van der Waals surface area contributed by atoms with Gasteiger partial charge in [-0.25, -0.2) is 9.50 Å². The maximum Gasteiger partial charge on any atom is 0.254 e. The molecular formula is C21H33N5O. The van der Waals surface area contributed by atoms with Crippen LogP contribution in [-0.2, 0) is 11.8 Å². The van der Waals surface area contributed by atoms with Gasteiger partial charge in [-0.15, -0.1) is 0 Å². The number of hydrogen-bond acceptors (Lipinski definition) is 4. The third-order valence-corrected chi connectivity index (χ3v) is 5.25. The average Bonchev–Trinajstić information content (AvgIpc) is 3.08. The van der Waals surface area contributed by atoms with E-state index in [9.17, 15) is 4.79 Å². The number of amides is 1. The fraction of sp³-hybridized carbons (Fsp3) is 0.667. The first-order chi connectivity index (χ1) is 12.9. The zero-order chi connectivity index (χ0) is 19.4. The molecule has 1 aliphatic rings. The molecule has 1 saturated heterocycles. The molecule has 0 bridgehead atoms. The number of fused-ring (bicyclic) bond motifs is 1. The second-order valence-corrected chi connectivity index (χ2v) is 8.58. The van der Waals surface area contributed by atoms with Gasteiger partial charge in [0, 0.05) is 30.8 Å². The highest BCUT2D eigenvalue weighted by atomic mass is 16.1. The average molecular weight is 372 g/mol. The second kappa shape index (κ2) is 8.38. The molecule has 6 nitrogen and oxygen atoms in total. The highest BCUT2D eigenvalue weighted by molar-refractivity contribution is 5.95. The predicted molar refractivity (Wildman–Crippen MR) is 108 cm³/mol. The normalized spacial score (nSPS) is 16.0. The maximum absolute atomic E-state index is 12.8. The number of carbonyl (C=O) groups is 1. The first-order valence-electron chi connectivity index (χ1n) is 10.3. The van der Waals surface area contributed by atoms with Crippen molar-refractivity contribution in [2.24, 2.45) is 0 Å². The van der Waals surface area contributed by atoms with Crippen LogP contribution in [0.15, 0.2) is 12.3 Å². The summed E-state index contributed by atoms with van der Waals surface area (Å²) in [6.45, 7) is 12.4. The number of carbonyl (C=O) groups excluding carboxylic acids is 1. The fourth-order valence-corrected chi connectivity index (χ4v) is 3.62. The first kappa shape index (κ1) is 19.8. The Morgan fingerprint density at radius 1 is 1.22 bits per heavy atom. The van der Waals surface area contributed by atoms with Gasteiger partial charge < -0.3 is 10.2 Å². The van der Waals surface area contributed by atoms with E-state index in [4.69, 9.17) is 5.10 Å². The molecule has 1 amide bonds. The van der Waals surface area contributed by atoms with Crippen molar-refractivity contribution in [1.29, 1.82) is 0 Å². The molecule has 0 aromatic carbocycles. The Kier molecular flexibility index (Phi) is 6.15. The van der Waals surface area contributed by atoms with Crippen LogP contribution in [0.4, 0.5) is 0 Å². The fourth-order valence-electron chi connectivity index (χ4n) is 3.62. The van der Waals surface area contributed by atoms with E-state index >= 15 is 0 Å². The Morgan fingerprint density at radius 3 is 2.63 bits per heavy atom. The van der Waals surface area contributed by atoms with Gasteiger partial charge >= 0.3 is 0 Å². The van der Waals surface area contributed by atoms with Gasteiger partial charge in [-0.05, 0) is 32.4 Å². The lowest BCUT2D eigenvalue weighted by Crippen LogP contribution is -2.38. The summed E-state index contributed by atoms with van der Waals surface area (Å²) in [5.41, 5.74) is 3.36. The van der Waals surface area contributed by atoms with E-state index in [-0.39, 0.29) is 11.3 Å². The maximum atomic E-state index is 12.8. The van der Waals surface area contributed by atoms with E-state index in [1.165, 1.54) is 19.3 Å². The Morgan fingerprint density at radius 2 is 1.96 bits per heavy atom. The van der Waals surface area contributed by atoms with Crippen molar-refractivity contribution in [3.63, 3.8) is 0 Å². The summed E-state index contributed by atoms with van der Waals surface area (Å²) >= 11 is 0. The van der Waals surface area contributed by atoms with Crippen LogP contribution in [0.5, 0.6) is 0 Å². The van der Waals surface area contributed by atoms with Crippen LogP contribution < -0.4 is 5.32 Å². The molecule has 0 unspecified atom stereocenters. The molecule has 0 aliphatic carbocycles. The lowest BCUT2D eigenvalue weighted by Gasteiger charge is -2.26. The van der Waals surface area contributed by atoms with Gasteiger partial charge in [0.2, 0.25) is 0 Å². The Balaban J connectivity index is 1.77. The van der Waals surface area contributed by atoms with Crippen LogP contribution in [0.25, 0.3) is 5.65 Å². The molecule has 148 valence electrons. The van der Waals surface area contributed by atoms with Crippen molar-refractivity contribution in [3.8, 4) is 0 Å². The quantitative estimate of drug-likeness (QED) is 0.847. The van der Waals surface area contributed by atoms with E-state index in [1.54, 1.807) is 6.20 Å². The molecule has 2 aromatic rings. The van der Waals surface area contributed by atoms with Gasteiger partial charge in [0.25, 0.3) is 5.91 Å². The highest BCUT2D eigenvalue weighted by Crippen LogP contribution is 2.23. The van der Waals surface area contributed by atoms with Gasteiger partial charge in [0.15, 0.2) is 5.65 Å². The summed E-state index contributed by atoms with van der Waals surface area (Å²) in [5, 5.41) is 7.85. The van der Waals surface area contributed by atoms with E-state index < -0.39 is 0 Å². The standard InChI is InChI=1S/C21H33N5O/c1-5-9-17-16(20(27)22-10-13-25-11-7-6-8-12-25)15-23-19-14-18(21(2,3)4)24-26(17)19/h14-15H,5-13H2,1-4H3,(H,22,27). The van der Waals surface area contributed by atoms with E-state index in [2.05, 4.69) is 42.9 Å². The molecule has 2 aromatic heterocycles. The van der Waals surface area contributed by atoms with Gasteiger partial charge in [-0.3, -0.25) is 4.79 Å². The van der Waals surface area contributed by atoms with Crippen molar-refractivity contribution in [1.82, 2.24) is 24.8 Å². The molecule has 1 N–H and O–H groups in total. The Hall–Kier alpha value is -1.95. The van der Waals surface area contributed by atoms with Crippen LogP contribution in [0.3, 0.4) is 0 Å². The molecule has 3 rings (SSSR count). The molecule has 1 aliphatic heterocycles. The van der Waals surface area contributed by atoms with E-state index in [0.717, 1.165) is 49.5 Å². The van der Waals surface area contributed by atoms with Gasteiger partial charge in [0.05, 0.1) is 17.0 Å².